The second kappa shape index (κ2) is 4.00. The Bertz CT molecular complexity index is 239. The molecule has 0 aromatic carbocycles. The molecule has 1 saturated heterocycles. The quantitative estimate of drug-likeness (QED) is 0.761. The van der Waals surface area contributed by atoms with Gasteiger partial charge in [-0.15, -0.1) is 0 Å². The fraction of sp³-hybridized carbons (Fsp3) is 0.909. The fourth-order valence-electron chi connectivity index (χ4n) is 1.76. The molecule has 1 rings (SSSR count). The highest BCUT2D eigenvalue weighted by atomic mass is 16.6. The van der Waals surface area contributed by atoms with Gasteiger partial charge in [0.25, 0.3) is 0 Å². The second-order valence-electron chi connectivity index (χ2n) is 5.62. The highest BCUT2D eigenvalue weighted by Gasteiger charge is 2.42. The van der Waals surface area contributed by atoms with Crippen LogP contribution < -0.4 is 0 Å². The standard InChI is InChI=1S/C11H21NO3/c1-10(2,3)15-9(14)12-7-11(4,8-12)5-6-13/h13H,5-8H2,1-4H3. The molecule has 1 fully saturated rings. The number of likely N-dealkylation sites (tertiary alicyclic amines) is 1. The van der Waals surface area contributed by atoms with Crippen LogP contribution in [0.1, 0.15) is 34.1 Å². The lowest BCUT2D eigenvalue weighted by atomic mass is 9.79. The van der Waals surface area contributed by atoms with Crippen molar-refractivity contribution < 1.29 is 14.6 Å². The number of aliphatic hydroxyl groups excluding tert-OH is 1. The molecule has 15 heavy (non-hydrogen) atoms. The number of nitrogens with zero attached hydrogens (tertiary/aromatic N) is 1. The molecule has 1 heterocycles. The van der Waals surface area contributed by atoms with E-state index in [2.05, 4.69) is 6.92 Å². The van der Waals surface area contributed by atoms with Crippen LogP contribution in [-0.4, -0.2) is 41.4 Å². The van der Waals surface area contributed by atoms with Crippen molar-refractivity contribution in [3.8, 4) is 0 Å². The lowest BCUT2D eigenvalue weighted by Crippen LogP contribution is -2.58. The maximum absolute atomic E-state index is 11.6. The van der Waals surface area contributed by atoms with Crippen molar-refractivity contribution in [2.75, 3.05) is 19.7 Å². The first kappa shape index (κ1) is 12.3. The van der Waals surface area contributed by atoms with Gasteiger partial charge in [-0.1, -0.05) is 6.92 Å². The van der Waals surface area contributed by atoms with Gasteiger partial charge in [-0.25, -0.2) is 4.79 Å². The molecule has 4 heteroatoms. The molecule has 0 saturated carbocycles. The lowest BCUT2D eigenvalue weighted by molar-refractivity contribution is -0.0351. The van der Waals surface area contributed by atoms with E-state index in [0.29, 0.717) is 13.1 Å². The Hall–Kier alpha value is -0.770. The molecule has 1 aliphatic rings. The van der Waals surface area contributed by atoms with Crippen LogP contribution in [0.3, 0.4) is 0 Å². The molecule has 1 aliphatic heterocycles. The van der Waals surface area contributed by atoms with E-state index in [0.717, 1.165) is 6.42 Å². The van der Waals surface area contributed by atoms with Crippen molar-refractivity contribution in [2.45, 2.75) is 39.7 Å². The number of carbonyl (C=O) groups excluding carboxylic acids is 1. The van der Waals surface area contributed by atoms with Crippen molar-refractivity contribution in [1.82, 2.24) is 4.90 Å². The summed E-state index contributed by atoms with van der Waals surface area (Å²) in [7, 11) is 0. The predicted octanol–water partition coefficient (Wildman–Crippen LogP) is 1.63. The molecule has 0 aromatic heterocycles. The zero-order valence-corrected chi connectivity index (χ0v) is 10.0. The van der Waals surface area contributed by atoms with Gasteiger partial charge in [-0.2, -0.15) is 0 Å². The Kier molecular flexibility index (Phi) is 3.28. The third-order valence-electron chi connectivity index (χ3n) is 2.51. The van der Waals surface area contributed by atoms with Crippen molar-refractivity contribution >= 4 is 6.09 Å². The Morgan fingerprint density at radius 1 is 1.47 bits per heavy atom. The molecule has 0 bridgehead atoms. The van der Waals surface area contributed by atoms with Gasteiger partial charge in [-0.05, 0) is 27.2 Å². The zero-order chi connectivity index (χ0) is 11.7. The summed E-state index contributed by atoms with van der Waals surface area (Å²) in [5, 5.41) is 8.84. The first-order chi connectivity index (χ1) is 6.76. The van der Waals surface area contributed by atoms with Crippen LogP contribution in [-0.2, 0) is 4.74 Å². The van der Waals surface area contributed by atoms with E-state index in [1.165, 1.54) is 0 Å². The second-order valence-corrected chi connectivity index (χ2v) is 5.62. The van der Waals surface area contributed by atoms with Gasteiger partial charge in [-0.3, -0.25) is 0 Å². The summed E-state index contributed by atoms with van der Waals surface area (Å²) < 4.78 is 5.24. The number of aliphatic hydroxyl groups is 1. The first-order valence-corrected chi connectivity index (χ1v) is 5.35. The molecule has 0 unspecified atom stereocenters. The molecule has 1 amide bonds. The van der Waals surface area contributed by atoms with E-state index in [1.807, 2.05) is 20.8 Å². The molecule has 0 aliphatic carbocycles. The normalized spacial score (nSPS) is 19.7. The number of hydrogen-bond acceptors (Lipinski definition) is 3. The third kappa shape index (κ3) is 3.38. The number of rotatable bonds is 2. The van der Waals surface area contributed by atoms with E-state index in [1.54, 1.807) is 4.90 Å². The monoisotopic (exact) mass is 215 g/mol. The Balaban J connectivity index is 2.35. The highest BCUT2D eigenvalue weighted by Crippen LogP contribution is 2.33. The largest absolute Gasteiger partial charge is 0.444 e. The number of hydrogen-bond donors (Lipinski definition) is 1. The molecule has 88 valence electrons. The minimum atomic E-state index is -0.431. The topological polar surface area (TPSA) is 49.8 Å². The molecular formula is C11H21NO3. The summed E-state index contributed by atoms with van der Waals surface area (Å²) in [6.07, 6.45) is 0.490. The molecule has 1 N–H and O–H groups in total. The van der Waals surface area contributed by atoms with E-state index in [-0.39, 0.29) is 18.1 Å². The van der Waals surface area contributed by atoms with E-state index in [4.69, 9.17) is 9.84 Å². The molecule has 0 aromatic rings. The molecule has 0 atom stereocenters. The van der Waals surface area contributed by atoms with Gasteiger partial charge < -0.3 is 14.7 Å². The van der Waals surface area contributed by atoms with Crippen LogP contribution in [0.4, 0.5) is 4.79 Å². The van der Waals surface area contributed by atoms with Gasteiger partial charge >= 0.3 is 6.09 Å². The summed E-state index contributed by atoms with van der Waals surface area (Å²) in [6, 6.07) is 0. The van der Waals surface area contributed by atoms with E-state index in [9.17, 15) is 4.79 Å². The fourth-order valence-corrected chi connectivity index (χ4v) is 1.76. The minimum Gasteiger partial charge on any atom is -0.444 e. The van der Waals surface area contributed by atoms with Gasteiger partial charge in [0.1, 0.15) is 5.60 Å². The molecular weight excluding hydrogens is 194 g/mol. The van der Waals surface area contributed by atoms with Crippen LogP contribution in [0.25, 0.3) is 0 Å². The van der Waals surface area contributed by atoms with Crippen molar-refractivity contribution in [3.05, 3.63) is 0 Å². The van der Waals surface area contributed by atoms with Gasteiger partial charge in [0, 0.05) is 25.1 Å². The molecule has 4 nitrogen and oxygen atoms in total. The summed E-state index contributed by atoms with van der Waals surface area (Å²) in [4.78, 5) is 13.3. The number of amides is 1. The van der Waals surface area contributed by atoms with Gasteiger partial charge in [0.2, 0.25) is 0 Å². The van der Waals surface area contributed by atoms with Gasteiger partial charge in [0.05, 0.1) is 0 Å². The third-order valence-corrected chi connectivity index (χ3v) is 2.51. The smallest absolute Gasteiger partial charge is 0.410 e. The SMILES string of the molecule is CC1(CCO)CN(C(=O)OC(C)(C)C)C1. The Morgan fingerprint density at radius 3 is 2.40 bits per heavy atom. The van der Waals surface area contributed by atoms with E-state index < -0.39 is 5.60 Å². The molecule has 0 spiro atoms. The van der Waals surface area contributed by atoms with Crippen LogP contribution in [0.2, 0.25) is 0 Å². The van der Waals surface area contributed by atoms with Crippen LogP contribution in [0, 0.1) is 5.41 Å². The lowest BCUT2D eigenvalue weighted by Gasteiger charge is -2.47. The average Bonchev–Trinajstić information content (AvgIpc) is 1.96. The van der Waals surface area contributed by atoms with Crippen molar-refractivity contribution in [1.29, 1.82) is 0 Å². The van der Waals surface area contributed by atoms with E-state index >= 15 is 0 Å². The zero-order valence-electron chi connectivity index (χ0n) is 10.0. The highest BCUT2D eigenvalue weighted by molar-refractivity contribution is 5.69. The predicted molar refractivity (Wildman–Crippen MR) is 57.6 cm³/mol. The number of ether oxygens (including phenoxy) is 1. The first-order valence-electron chi connectivity index (χ1n) is 5.35. The summed E-state index contributed by atoms with van der Waals surface area (Å²) in [5.74, 6) is 0. The van der Waals surface area contributed by atoms with Crippen molar-refractivity contribution in [3.63, 3.8) is 0 Å². The Morgan fingerprint density at radius 2 is 2.00 bits per heavy atom. The van der Waals surface area contributed by atoms with Crippen molar-refractivity contribution in [2.24, 2.45) is 5.41 Å². The number of carbonyl (C=O) groups is 1. The maximum atomic E-state index is 11.6. The average molecular weight is 215 g/mol. The van der Waals surface area contributed by atoms with Crippen LogP contribution >= 0.6 is 0 Å². The van der Waals surface area contributed by atoms with Crippen LogP contribution in [0.5, 0.6) is 0 Å². The summed E-state index contributed by atoms with van der Waals surface area (Å²) in [6.45, 7) is 9.19. The summed E-state index contributed by atoms with van der Waals surface area (Å²) in [5.41, 5.74) is -0.355. The molecule has 0 radical (unpaired) electrons. The van der Waals surface area contributed by atoms with Crippen LogP contribution in [0.15, 0.2) is 0 Å². The van der Waals surface area contributed by atoms with Gasteiger partial charge in [0.15, 0.2) is 0 Å². The minimum absolute atomic E-state index is 0.0751. The maximum Gasteiger partial charge on any atom is 0.410 e. The Labute approximate surface area is 91.2 Å². The summed E-state index contributed by atoms with van der Waals surface area (Å²) >= 11 is 0.